The number of rotatable bonds is 4. The quantitative estimate of drug-likeness (QED) is 0.808. The lowest BCUT2D eigenvalue weighted by Crippen LogP contribution is -2.16. The first kappa shape index (κ1) is 10.3. The van der Waals surface area contributed by atoms with Crippen LogP contribution in [-0.4, -0.2) is 17.2 Å². The molecule has 4 nitrogen and oxygen atoms in total. The molecular weight excluding hydrogens is 214 g/mol. The summed E-state index contributed by atoms with van der Waals surface area (Å²) in [6, 6.07) is 10.2. The van der Waals surface area contributed by atoms with E-state index >= 15 is 0 Å². The Hall–Kier alpha value is -1.84. The lowest BCUT2D eigenvalue weighted by molar-refractivity contribution is 0.449. The molecule has 1 aromatic heterocycles. The van der Waals surface area contributed by atoms with Crippen LogP contribution in [0.1, 0.15) is 30.5 Å². The third-order valence-electron chi connectivity index (χ3n) is 2.98. The molecule has 1 aliphatic rings. The van der Waals surface area contributed by atoms with Crippen LogP contribution in [0.25, 0.3) is 0 Å². The minimum Gasteiger partial charge on any atom is -0.423 e. The van der Waals surface area contributed by atoms with Gasteiger partial charge in [-0.05, 0) is 25.0 Å². The molecule has 17 heavy (non-hydrogen) atoms. The molecule has 2 aromatic rings. The van der Waals surface area contributed by atoms with Gasteiger partial charge in [-0.3, -0.25) is 0 Å². The van der Waals surface area contributed by atoms with E-state index in [1.807, 2.05) is 25.2 Å². The molecule has 0 N–H and O–H groups in total. The van der Waals surface area contributed by atoms with Crippen LogP contribution in [0.2, 0.25) is 0 Å². The maximum atomic E-state index is 5.64. The molecule has 88 valence electrons. The summed E-state index contributed by atoms with van der Waals surface area (Å²) >= 11 is 0. The largest absolute Gasteiger partial charge is 0.423 e. The van der Waals surface area contributed by atoms with Gasteiger partial charge in [-0.25, -0.2) is 0 Å². The molecule has 4 heteroatoms. The van der Waals surface area contributed by atoms with Gasteiger partial charge >= 0.3 is 0 Å². The Morgan fingerprint density at radius 3 is 2.71 bits per heavy atom. The van der Waals surface area contributed by atoms with Gasteiger partial charge in [-0.15, -0.1) is 10.2 Å². The highest BCUT2D eigenvalue weighted by molar-refractivity contribution is 5.44. The van der Waals surface area contributed by atoms with Gasteiger partial charge in [-0.1, -0.05) is 18.2 Å². The van der Waals surface area contributed by atoms with E-state index in [4.69, 9.17) is 4.42 Å². The third-order valence-corrected chi connectivity index (χ3v) is 2.98. The Balaban J connectivity index is 1.69. The molecule has 0 spiro atoms. The highest BCUT2D eigenvalue weighted by Crippen LogP contribution is 2.39. The van der Waals surface area contributed by atoms with Crippen LogP contribution in [0.4, 0.5) is 5.69 Å². The van der Waals surface area contributed by atoms with Crippen molar-refractivity contribution in [3.63, 3.8) is 0 Å². The first-order valence-electron chi connectivity index (χ1n) is 5.91. The maximum absolute atomic E-state index is 5.64. The number of hydrogen-bond acceptors (Lipinski definition) is 4. The van der Waals surface area contributed by atoms with Crippen molar-refractivity contribution in [1.29, 1.82) is 0 Å². The second-order valence-corrected chi connectivity index (χ2v) is 4.50. The summed E-state index contributed by atoms with van der Waals surface area (Å²) in [5.74, 6) is 2.03. The fourth-order valence-electron chi connectivity index (χ4n) is 1.80. The lowest BCUT2D eigenvalue weighted by Gasteiger charge is -2.16. The average Bonchev–Trinajstić information content (AvgIpc) is 3.12. The Bertz CT molecular complexity index is 490. The monoisotopic (exact) mass is 229 g/mol. The molecule has 1 aromatic carbocycles. The highest BCUT2D eigenvalue weighted by Gasteiger charge is 2.29. The Labute approximate surface area is 100 Å². The molecule has 1 saturated carbocycles. The second kappa shape index (κ2) is 4.20. The van der Waals surface area contributed by atoms with E-state index in [2.05, 4.69) is 27.2 Å². The van der Waals surface area contributed by atoms with Gasteiger partial charge in [0.05, 0.1) is 6.54 Å². The summed E-state index contributed by atoms with van der Waals surface area (Å²) in [4.78, 5) is 2.10. The zero-order chi connectivity index (χ0) is 11.7. The summed E-state index contributed by atoms with van der Waals surface area (Å²) in [5, 5.41) is 8.17. The van der Waals surface area contributed by atoms with Crippen LogP contribution in [0.3, 0.4) is 0 Å². The van der Waals surface area contributed by atoms with Crippen LogP contribution < -0.4 is 4.90 Å². The number of aromatic nitrogens is 2. The normalized spacial score (nSPS) is 14.9. The van der Waals surface area contributed by atoms with E-state index in [1.165, 1.54) is 12.8 Å². The number of benzene rings is 1. The predicted molar refractivity (Wildman–Crippen MR) is 64.8 cm³/mol. The van der Waals surface area contributed by atoms with E-state index in [0.717, 1.165) is 11.6 Å². The number of nitrogens with zero attached hydrogens (tertiary/aromatic N) is 3. The third kappa shape index (κ3) is 2.30. The zero-order valence-corrected chi connectivity index (χ0v) is 9.84. The molecule has 1 fully saturated rings. The van der Waals surface area contributed by atoms with Crippen LogP contribution in [0.5, 0.6) is 0 Å². The van der Waals surface area contributed by atoms with Gasteiger partial charge in [0.2, 0.25) is 11.8 Å². The van der Waals surface area contributed by atoms with E-state index in [1.54, 1.807) is 0 Å². The van der Waals surface area contributed by atoms with Gasteiger partial charge in [0.15, 0.2) is 0 Å². The Morgan fingerprint density at radius 1 is 1.24 bits per heavy atom. The van der Waals surface area contributed by atoms with Crippen molar-refractivity contribution < 1.29 is 4.42 Å². The molecule has 3 rings (SSSR count). The summed E-state index contributed by atoms with van der Waals surface area (Å²) in [5.41, 5.74) is 1.15. The van der Waals surface area contributed by atoms with E-state index in [0.29, 0.717) is 18.4 Å². The molecule has 0 amide bonds. The highest BCUT2D eigenvalue weighted by atomic mass is 16.4. The van der Waals surface area contributed by atoms with Crippen molar-refractivity contribution in [1.82, 2.24) is 10.2 Å². The van der Waals surface area contributed by atoms with E-state index in [-0.39, 0.29) is 0 Å². The zero-order valence-electron chi connectivity index (χ0n) is 9.84. The molecular formula is C13H15N3O. The SMILES string of the molecule is CN(Cc1nnc(C2CC2)o1)c1ccccc1. The minimum atomic E-state index is 0.526. The first-order chi connectivity index (χ1) is 8.33. The molecule has 0 saturated heterocycles. The Kier molecular flexibility index (Phi) is 2.55. The minimum absolute atomic E-state index is 0.526. The molecule has 1 heterocycles. The average molecular weight is 229 g/mol. The van der Waals surface area contributed by atoms with Gasteiger partial charge in [0.1, 0.15) is 0 Å². The molecule has 0 atom stereocenters. The predicted octanol–water partition coefficient (Wildman–Crippen LogP) is 2.58. The van der Waals surface area contributed by atoms with Gasteiger partial charge in [0, 0.05) is 18.7 Å². The smallest absolute Gasteiger partial charge is 0.235 e. The summed E-state index contributed by atoms with van der Waals surface area (Å²) < 4.78 is 5.64. The molecule has 0 unspecified atom stereocenters. The van der Waals surface area contributed by atoms with Gasteiger partial charge in [0.25, 0.3) is 0 Å². The molecule has 0 bridgehead atoms. The van der Waals surface area contributed by atoms with Crippen LogP contribution in [0, 0.1) is 0 Å². The topological polar surface area (TPSA) is 42.2 Å². The van der Waals surface area contributed by atoms with Crippen molar-refractivity contribution in [3.8, 4) is 0 Å². The maximum Gasteiger partial charge on any atom is 0.235 e. The fourth-order valence-corrected chi connectivity index (χ4v) is 1.80. The van der Waals surface area contributed by atoms with E-state index in [9.17, 15) is 0 Å². The van der Waals surface area contributed by atoms with Gasteiger partial charge in [-0.2, -0.15) is 0 Å². The van der Waals surface area contributed by atoms with Crippen LogP contribution in [0.15, 0.2) is 34.7 Å². The molecule has 1 aliphatic carbocycles. The van der Waals surface area contributed by atoms with Crippen molar-refractivity contribution in [2.75, 3.05) is 11.9 Å². The summed E-state index contributed by atoms with van der Waals surface area (Å²) in [7, 11) is 2.02. The van der Waals surface area contributed by atoms with Crippen molar-refractivity contribution >= 4 is 5.69 Å². The van der Waals surface area contributed by atoms with Crippen molar-refractivity contribution in [2.45, 2.75) is 25.3 Å². The first-order valence-corrected chi connectivity index (χ1v) is 5.91. The van der Waals surface area contributed by atoms with Crippen molar-refractivity contribution in [3.05, 3.63) is 42.1 Å². The standard InChI is InChI=1S/C13H15N3O/c1-16(11-5-3-2-4-6-11)9-12-14-15-13(17-12)10-7-8-10/h2-6,10H,7-9H2,1H3. The van der Waals surface area contributed by atoms with Crippen LogP contribution in [-0.2, 0) is 6.54 Å². The van der Waals surface area contributed by atoms with E-state index < -0.39 is 0 Å². The fraction of sp³-hybridized carbons (Fsp3) is 0.385. The molecule has 0 aliphatic heterocycles. The number of hydrogen-bond donors (Lipinski definition) is 0. The van der Waals surface area contributed by atoms with Crippen LogP contribution >= 0.6 is 0 Å². The van der Waals surface area contributed by atoms with Crippen molar-refractivity contribution in [2.24, 2.45) is 0 Å². The molecule has 0 radical (unpaired) electrons. The van der Waals surface area contributed by atoms with Gasteiger partial charge < -0.3 is 9.32 Å². The number of anilines is 1. The summed E-state index contributed by atoms with van der Waals surface area (Å²) in [6.45, 7) is 0.656. The second-order valence-electron chi connectivity index (χ2n) is 4.50. The summed E-state index contributed by atoms with van der Waals surface area (Å²) in [6.07, 6.45) is 2.38. The lowest BCUT2D eigenvalue weighted by atomic mass is 10.3. The number of para-hydroxylation sites is 1. The Morgan fingerprint density at radius 2 is 2.00 bits per heavy atom.